The highest BCUT2D eigenvalue weighted by Crippen LogP contribution is 2.52. The molecule has 0 unspecified atom stereocenters. The molecule has 0 atom stereocenters. The normalized spacial score (nSPS) is 15.6. The largest absolute Gasteiger partial charge is 0.492 e. The van der Waals surface area contributed by atoms with Gasteiger partial charge in [-0.1, -0.05) is 250 Å². The molecule has 22 nitrogen and oxygen atoms in total. The number of methoxy groups -OCH3 is 2. The third-order valence-electron chi connectivity index (χ3n) is 26.1. The average molecular weight is 1900 g/mol. The van der Waals surface area contributed by atoms with Gasteiger partial charge in [0.25, 0.3) is 22.2 Å². The summed E-state index contributed by atoms with van der Waals surface area (Å²) < 4.78 is 40.1. The van der Waals surface area contributed by atoms with Gasteiger partial charge < -0.3 is 28.4 Å². The Hall–Kier alpha value is -10.5. The Bertz CT molecular complexity index is 6170. The molecule has 712 valence electrons. The smallest absolute Gasteiger partial charge is 0.258 e. The summed E-state index contributed by atoms with van der Waals surface area (Å²) >= 11 is 6.30. The minimum absolute atomic E-state index is 0.0105. The number of hydrogen-bond donors (Lipinski definition) is 0. The molecule has 6 aliphatic carbocycles. The zero-order valence-corrected chi connectivity index (χ0v) is 83.8. The molecule has 17 rings (SSSR count). The van der Waals surface area contributed by atoms with Crippen LogP contribution in [0.1, 0.15) is 175 Å². The number of hydrogen-bond acceptors (Lipinski definition) is 22. The fraction of sp³-hybridized carbons (Fsp3) is 0.440. The highest BCUT2D eigenvalue weighted by atomic mass is 32.2. The van der Waals surface area contributed by atoms with Crippen LogP contribution in [0.25, 0.3) is 56.3 Å². The van der Waals surface area contributed by atoms with Crippen LogP contribution in [0.15, 0.2) is 218 Å². The molecule has 0 amide bonds. The number of nitriles is 1. The first-order chi connectivity index (χ1) is 65.5. The van der Waals surface area contributed by atoms with Gasteiger partial charge in [-0.15, -0.1) is 26.3 Å². The molecule has 5 aromatic carbocycles. The molecule has 5 aromatic heterocycles. The Morgan fingerprint density at radius 1 is 0.467 bits per heavy atom. The van der Waals surface area contributed by atoms with Crippen LogP contribution in [0.3, 0.4) is 0 Å². The Morgan fingerprint density at radius 2 is 0.911 bits per heavy atom. The molecule has 0 radical (unpaired) electrons. The van der Waals surface area contributed by atoms with Gasteiger partial charge in [0.15, 0.2) is 27.2 Å². The zero-order valence-electron chi connectivity index (χ0n) is 80.5. The van der Waals surface area contributed by atoms with E-state index in [0.29, 0.717) is 75.8 Å². The first-order valence-corrected chi connectivity index (χ1v) is 51.5. The summed E-state index contributed by atoms with van der Waals surface area (Å²) in [5.41, 5.74) is 18.7. The summed E-state index contributed by atoms with van der Waals surface area (Å²) in [6, 6.07) is 41.0. The third-order valence-corrected chi connectivity index (χ3v) is 29.5. The van der Waals surface area contributed by atoms with Crippen LogP contribution in [0.4, 0.5) is 0 Å². The fourth-order valence-electron chi connectivity index (χ4n) is 19.9. The topological polar surface area (TPSA) is 248 Å². The second kappa shape index (κ2) is 48.0. The van der Waals surface area contributed by atoms with E-state index in [2.05, 4.69) is 150 Å². The van der Waals surface area contributed by atoms with Gasteiger partial charge in [-0.25, -0.2) is 24.9 Å². The van der Waals surface area contributed by atoms with Crippen molar-refractivity contribution < 1.29 is 28.4 Å². The molecular weight excluding hydrogens is 1770 g/mol. The summed E-state index contributed by atoms with van der Waals surface area (Å²) in [6.07, 6.45) is 25.7. The predicted molar refractivity (Wildman–Crippen MR) is 551 cm³/mol. The van der Waals surface area contributed by atoms with Crippen molar-refractivity contribution in [3.8, 4) is 79.7 Å². The van der Waals surface area contributed by atoms with Crippen LogP contribution < -0.4 is 36.4 Å². The Morgan fingerprint density at radius 3 is 1.39 bits per heavy atom. The molecule has 135 heavy (non-hydrogen) atoms. The average Bonchev–Trinajstić information content (AvgIpc) is 0.735. The summed E-state index contributed by atoms with van der Waals surface area (Å²) in [5.74, 6) is 6.30. The molecule has 10 aromatic rings. The summed E-state index contributed by atoms with van der Waals surface area (Å²) in [6.45, 7) is 44.4. The Kier molecular flexibility index (Phi) is 36.3. The van der Waals surface area contributed by atoms with Crippen molar-refractivity contribution in [3.63, 3.8) is 0 Å². The molecule has 6 heterocycles. The van der Waals surface area contributed by atoms with Crippen molar-refractivity contribution in [2.24, 2.45) is 0 Å². The number of aromatic nitrogens is 10. The lowest BCUT2D eigenvalue weighted by Crippen LogP contribution is -2.43. The van der Waals surface area contributed by atoms with E-state index in [-0.39, 0.29) is 50.5 Å². The van der Waals surface area contributed by atoms with Gasteiger partial charge >= 0.3 is 0 Å². The van der Waals surface area contributed by atoms with Crippen molar-refractivity contribution in [3.05, 3.63) is 276 Å². The molecule has 7 aliphatic rings. The predicted octanol–water partition coefficient (Wildman–Crippen LogP) is 20.9. The maximum Gasteiger partial charge on any atom is 0.258 e. The summed E-state index contributed by atoms with van der Waals surface area (Å²) in [4.78, 5) is 85.9. The number of nitrogens with zero attached hydrogens (tertiary/aromatic N) is 12. The molecule has 1 saturated heterocycles. The van der Waals surface area contributed by atoms with Gasteiger partial charge in [-0.3, -0.25) is 42.3 Å². The van der Waals surface area contributed by atoms with E-state index in [1.807, 2.05) is 89.7 Å². The van der Waals surface area contributed by atoms with Crippen molar-refractivity contribution in [2.75, 3.05) is 103 Å². The number of benzene rings is 5. The number of thioether (sulfide) groups is 4. The number of fused-ring (bicyclic) bond motifs is 14. The Labute approximate surface area is 813 Å². The quantitative estimate of drug-likeness (QED) is 0.0164. The van der Waals surface area contributed by atoms with Crippen molar-refractivity contribution in [2.45, 2.75) is 227 Å². The molecule has 2 spiro atoms. The molecular formula is C109H132N12O10S4. The van der Waals surface area contributed by atoms with Gasteiger partial charge in [0.2, 0.25) is 5.88 Å². The SMILES string of the molecule is C=CCOc1nc(SCCOC)nc(-c2ccccc2)c1C.C=CCn1c(CCC)nc2c(c1=O)C1(CCCCC1)Cc1ccccc1-2.C=CCn1c(SCC)nc2c(c1=O)C(C)(C)Cc1cc(OCC#N)ccc1-2.C=CCn1c(SCC)nc2c(c1=O)C(C)(C)Cc1cc(OCCN3CCOCC3)ccc1-2.C=CCn1c(SCCOC)nc2c(c1=O)C1(CCCCC1)Cc1ccccc1-2. The first-order valence-electron chi connectivity index (χ1n) is 47.6. The molecule has 3 fully saturated rings. The standard InChI is InChI=1S/C25H33N3O3S.C23H28N2O2S.C23H28N2O.C21H23N3O2S.C17H20N2O2S/c1-5-9-28-23(29)21-22(26-24(28)32-6-2)20-8-7-19(16-18(20)17-25(21,3)4)31-15-12-27-10-13-30-14-11-27;1-3-13-25-21(26)19-20(24-22(25)28-15-14-27-2)18-10-6-5-9-17(18)16-23(19)11-7-4-8-12-23;1-3-10-19-24-21-18-12-7-6-11-17(18)16-23(13-8-5-9-14-23)20(21)22(26)25(19)15-4-2;1-5-10-24-19(25)17-18(23-20(24)27-6-2)16-8-7-15(26-11-9-22)12-14(16)13-21(17,3)4;1-4-10-21-16-13(2)15(14-8-6-5-7-9-14)18-17(19-16)22-12-11-20-3/h5,7-8,16H,1,6,9-15,17H2,2-4H3;3,5-6,9-10H,1,4,7-8,11-16H2,2H3;4,6-7,11-12H,2-3,5,8-10,13-16H2,1H3;5,7-8,12H,1,6,10-11,13H2,2-4H3;4-9H,1,10-12H2,2-3H3. The second-order valence-corrected chi connectivity index (χ2v) is 40.9. The van der Waals surface area contributed by atoms with E-state index in [4.69, 9.17) is 53.6 Å². The van der Waals surface area contributed by atoms with E-state index >= 15 is 0 Å². The van der Waals surface area contributed by atoms with Crippen LogP contribution in [0.2, 0.25) is 0 Å². The van der Waals surface area contributed by atoms with E-state index in [0.717, 1.165) is 225 Å². The lowest BCUT2D eigenvalue weighted by atomic mass is 9.62. The fourth-order valence-corrected chi connectivity index (χ4v) is 23.0. The van der Waals surface area contributed by atoms with E-state index < -0.39 is 0 Å². The number of allylic oxidation sites excluding steroid dienone is 4. The third kappa shape index (κ3) is 23.5. The second-order valence-electron chi connectivity index (χ2n) is 36.3. The highest BCUT2D eigenvalue weighted by molar-refractivity contribution is 7.99. The summed E-state index contributed by atoms with van der Waals surface area (Å²) in [7, 11) is 3.38. The van der Waals surface area contributed by atoms with Crippen LogP contribution >= 0.6 is 47.0 Å². The van der Waals surface area contributed by atoms with Gasteiger partial charge in [0.05, 0.1) is 66.0 Å². The minimum atomic E-state index is -0.349. The summed E-state index contributed by atoms with van der Waals surface area (Å²) in [5, 5.41) is 11.7. The number of morpholine rings is 1. The van der Waals surface area contributed by atoms with Gasteiger partial charge in [0.1, 0.15) is 36.6 Å². The van der Waals surface area contributed by atoms with E-state index in [1.54, 1.807) is 94.7 Å². The van der Waals surface area contributed by atoms with Crippen molar-refractivity contribution in [1.82, 2.24) is 53.1 Å². The first kappa shape index (κ1) is 102. The zero-order chi connectivity index (χ0) is 95.8. The monoisotopic (exact) mass is 1900 g/mol. The van der Waals surface area contributed by atoms with Gasteiger partial charge in [-0.05, 0) is 135 Å². The van der Waals surface area contributed by atoms with Crippen LogP contribution in [-0.4, -0.2) is 156 Å². The number of rotatable bonds is 32. The highest BCUT2D eigenvalue weighted by Gasteiger charge is 2.46. The van der Waals surface area contributed by atoms with Gasteiger partial charge in [0, 0.05) is 144 Å². The molecule has 1 aliphatic heterocycles. The molecule has 2 saturated carbocycles. The van der Waals surface area contributed by atoms with E-state index in [1.165, 1.54) is 60.8 Å². The van der Waals surface area contributed by atoms with E-state index in [9.17, 15) is 19.2 Å². The Balaban J connectivity index is 0.000000144. The van der Waals surface area contributed by atoms with Crippen molar-refractivity contribution >= 4 is 47.0 Å². The maximum absolute atomic E-state index is 13.8. The lowest BCUT2D eigenvalue weighted by Gasteiger charge is -2.42. The van der Waals surface area contributed by atoms with Crippen LogP contribution in [-0.2, 0) is 94.2 Å². The molecule has 0 bridgehead atoms. The van der Waals surface area contributed by atoms with Gasteiger partial charge in [-0.2, -0.15) is 10.2 Å². The van der Waals surface area contributed by atoms with Crippen LogP contribution in [0, 0.1) is 18.3 Å². The van der Waals surface area contributed by atoms with Crippen LogP contribution in [0.5, 0.6) is 17.4 Å². The lowest BCUT2D eigenvalue weighted by molar-refractivity contribution is 0.0322. The minimum Gasteiger partial charge on any atom is -0.492 e. The number of ether oxygens (including phenoxy) is 6. The van der Waals surface area contributed by atoms with Crippen molar-refractivity contribution in [1.29, 1.82) is 5.26 Å². The molecule has 26 heteroatoms. The number of aryl methyl sites for hydroxylation is 1. The molecule has 0 N–H and O–H groups in total. The maximum atomic E-state index is 13.8.